The molecule has 0 spiro atoms. The number of nitro benzene ring substituents is 1. The largest absolute Gasteiger partial charge is 0.490 e. The Morgan fingerprint density at radius 1 is 1.16 bits per heavy atom. The van der Waals surface area contributed by atoms with Crippen LogP contribution in [-0.2, 0) is 17.8 Å². The van der Waals surface area contributed by atoms with Crippen LogP contribution < -0.4 is 14.8 Å². The molecule has 1 N–H and O–H groups in total. The van der Waals surface area contributed by atoms with Crippen molar-refractivity contribution in [2.45, 2.75) is 20.0 Å². The third kappa shape index (κ3) is 7.26. The van der Waals surface area contributed by atoms with E-state index in [-0.39, 0.29) is 17.9 Å². The molecule has 0 atom stereocenters. The molecule has 0 aromatic heterocycles. The molecule has 0 unspecified atom stereocenters. The lowest BCUT2D eigenvalue weighted by atomic mass is 10.0. The number of hydrogen-bond donors (Lipinski definition) is 1. The predicted octanol–water partition coefficient (Wildman–Crippen LogP) is 5.99. The number of hydrogen-bond acceptors (Lipinski definition) is 6. The summed E-state index contributed by atoms with van der Waals surface area (Å²) in [7, 11) is 0. The molecule has 0 aliphatic heterocycles. The molecule has 8 nitrogen and oxygen atoms in total. The molecule has 3 aromatic carbocycles. The fourth-order valence-electron chi connectivity index (χ4n) is 3.42. The van der Waals surface area contributed by atoms with Gasteiger partial charge < -0.3 is 14.8 Å². The summed E-state index contributed by atoms with van der Waals surface area (Å²) < 4.78 is 25.0. The summed E-state index contributed by atoms with van der Waals surface area (Å²) in [5.74, 6) is -0.211. The van der Waals surface area contributed by atoms with Crippen molar-refractivity contribution < 1.29 is 23.6 Å². The Hall–Kier alpha value is -4.97. The van der Waals surface area contributed by atoms with Crippen molar-refractivity contribution in [3.05, 3.63) is 112 Å². The minimum absolute atomic E-state index is 0.0148. The monoisotopic (exact) mass is 501 g/mol. The van der Waals surface area contributed by atoms with Crippen LogP contribution in [0.3, 0.4) is 0 Å². The van der Waals surface area contributed by atoms with Crippen molar-refractivity contribution in [3.8, 4) is 17.6 Å². The number of allylic oxidation sites excluding steroid dienone is 1. The minimum Gasteiger partial charge on any atom is -0.490 e. The van der Waals surface area contributed by atoms with Gasteiger partial charge in [-0.05, 0) is 79.1 Å². The molecule has 0 aliphatic carbocycles. The van der Waals surface area contributed by atoms with Gasteiger partial charge in [-0.25, -0.2) is 4.39 Å². The molecular weight excluding hydrogens is 477 g/mol. The van der Waals surface area contributed by atoms with Crippen LogP contribution in [0.4, 0.5) is 15.8 Å². The second-order valence-electron chi connectivity index (χ2n) is 7.78. The molecule has 0 saturated carbocycles. The molecule has 0 bridgehead atoms. The number of rotatable bonds is 11. The summed E-state index contributed by atoms with van der Waals surface area (Å²) in [5.41, 5.74) is 2.16. The van der Waals surface area contributed by atoms with E-state index in [4.69, 9.17) is 9.47 Å². The Balaban J connectivity index is 1.90. The van der Waals surface area contributed by atoms with Crippen LogP contribution in [0.1, 0.15) is 23.6 Å². The number of nitrogens with one attached hydrogen (secondary N) is 1. The number of amides is 1. The van der Waals surface area contributed by atoms with Gasteiger partial charge in [-0.15, -0.1) is 6.58 Å². The van der Waals surface area contributed by atoms with Gasteiger partial charge in [-0.2, -0.15) is 5.26 Å². The maximum atomic E-state index is 13.1. The molecule has 0 fully saturated rings. The van der Waals surface area contributed by atoms with Gasteiger partial charge in [-0.3, -0.25) is 14.9 Å². The van der Waals surface area contributed by atoms with Crippen LogP contribution in [0.5, 0.6) is 11.5 Å². The maximum Gasteiger partial charge on any atom is 0.269 e. The van der Waals surface area contributed by atoms with E-state index in [1.807, 2.05) is 13.0 Å². The smallest absolute Gasteiger partial charge is 0.269 e. The van der Waals surface area contributed by atoms with E-state index in [0.717, 1.165) is 5.56 Å². The first-order valence-corrected chi connectivity index (χ1v) is 11.3. The molecule has 0 radical (unpaired) electrons. The Morgan fingerprint density at radius 2 is 1.86 bits per heavy atom. The highest BCUT2D eigenvalue weighted by Crippen LogP contribution is 2.35. The number of anilines is 1. The Labute approximate surface area is 213 Å². The molecule has 3 rings (SSSR count). The number of nitrogens with zero attached hydrogens (tertiary/aromatic N) is 2. The van der Waals surface area contributed by atoms with E-state index >= 15 is 0 Å². The lowest BCUT2D eigenvalue weighted by Gasteiger charge is -2.17. The zero-order valence-electron chi connectivity index (χ0n) is 20.1. The molecular formula is C28H24FN3O5. The van der Waals surface area contributed by atoms with E-state index < -0.39 is 16.6 Å². The molecule has 3 aromatic rings. The van der Waals surface area contributed by atoms with Crippen molar-refractivity contribution >= 4 is 23.4 Å². The fourth-order valence-corrected chi connectivity index (χ4v) is 3.42. The summed E-state index contributed by atoms with van der Waals surface area (Å²) in [4.78, 5) is 23.1. The van der Waals surface area contributed by atoms with Gasteiger partial charge in [0.15, 0.2) is 11.5 Å². The fraction of sp³-hybridized carbons (Fsp3) is 0.143. The first-order valence-electron chi connectivity index (χ1n) is 11.3. The SMILES string of the molecule is C=CCc1cc(/C=C(\C#N)C(=O)Nc2ccc(F)cc2)cc(OCC)c1OCc1ccc([N+](=O)[O-])cc1. The van der Waals surface area contributed by atoms with Crippen molar-refractivity contribution in [1.82, 2.24) is 0 Å². The van der Waals surface area contributed by atoms with Gasteiger partial charge in [0.1, 0.15) is 24.1 Å². The van der Waals surface area contributed by atoms with Crippen LogP contribution in [0, 0.1) is 27.3 Å². The number of carbonyl (C=O) groups is 1. The van der Waals surface area contributed by atoms with Crippen LogP contribution in [-0.4, -0.2) is 17.4 Å². The second-order valence-corrected chi connectivity index (χ2v) is 7.78. The standard InChI is InChI=1S/C28H24FN3O5/c1-3-5-21-14-20(15-22(17-30)28(33)31-24-10-8-23(29)9-11-24)16-26(36-4-2)27(21)37-18-19-6-12-25(13-7-19)32(34)35/h3,6-16H,1,4-5,18H2,2H3,(H,31,33)/b22-15+. The molecule has 0 saturated heterocycles. The first-order chi connectivity index (χ1) is 17.8. The summed E-state index contributed by atoms with van der Waals surface area (Å²) in [6, 6.07) is 16.6. The lowest BCUT2D eigenvalue weighted by Crippen LogP contribution is -2.13. The lowest BCUT2D eigenvalue weighted by molar-refractivity contribution is -0.384. The Morgan fingerprint density at radius 3 is 2.46 bits per heavy atom. The van der Waals surface area contributed by atoms with E-state index in [0.29, 0.717) is 41.3 Å². The van der Waals surface area contributed by atoms with Gasteiger partial charge in [0.2, 0.25) is 0 Å². The number of ether oxygens (including phenoxy) is 2. The Bertz CT molecular complexity index is 1360. The number of nitriles is 1. The van der Waals surface area contributed by atoms with Crippen molar-refractivity contribution in [2.24, 2.45) is 0 Å². The second kappa shape index (κ2) is 12.7. The number of nitro groups is 1. The van der Waals surface area contributed by atoms with Gasteiger partial charge >= 0.3 is 0 Å². The molecule has 1 amide bonds. The topological polar surface area (TPSA) is 114 Å². The maximum absolute atomic E-state index is 13.1. The van der Waals surface area contributed by atoms with Gasteiger partial charge in [0.25, 0.3) is 11.6 Å². The van der Waals surface area contributed by atoms with Gasteiger partial charge in [-0.1, -0.05) is 6.08 Å². The quantitative estimate of drug-likeness (QED) is 0.114. The van der Waals surface area contributed by atoms with Crippen LogP contribution in [0.2, 0.25) is 0 Å². The molecule has 9 heteroatoms. The Kier molecular flexibility index (Phi) is 9.11. The van der Waals surface area contributed by atoms with E-state index in [1.165, 1.54) is 42.5 Å². The third-order valence-electron chi connectivity index (χ3n) is 5.13. The summed E-state index contributed by atoms with van der Waals surface area (Å²) in [6.07, 6.45) is 3.53. The highest BCUT2D eigenvalue weighted by Gasteiger charge is 2.16. The minimum atomic E-state index is -0.643. The number of benzene rings is 3. The zero-order chi connectivity index (χ0) is 26.8. The highest BCUT2D eigenvalue weighted by atomic mass is 19.1. The first kappa shape index (κ1) is 26.6. The molecule has 0 heterocycles. The van der Waals surface area contributed by atoms with Crippen LogP contribution >= 0.6 is 0 Å². The number of non-ortho nitro benzene ring substituents is 1. The molecule has 37 heavy (non-hydrogen) atoms. The van der Waals surface area contributed by atoms with Crippen molar-refractivity contribution in [3.63, 3.8) is 0 Å². The van der Waals surface area contributed by atoms with Crippen molar-refractivity contribution in [2.75, 3.05) is 11.9 Å². The van der Waals surface area contributed by atoms with E-state index in [9.17, 15) is 24.6 Å². The summed E-state index contributed by atoms with van der Waals surface area (Å²) in [5, 5.41) is 23.0. The number of carbonyl (C=O) groups excluding carboxylic acids is 1. The predicted molar refractivity (Wildman–Crippen MR) is 138 cm³/mol. The number of halogens is 1. The normalized spacial score (nSPS) is 10.8. The van der Waals surface area contributed by atoms with E-state index in [1.54, 1.807) is 30.3 Å². The van der Waals surface area contributed by atoms with Gasteiger partial charge in [0.05, 0.1) is 11.5 Å². The molecule has 188 valence electrons. The molecule has 0 aliphatic rings. The highest BCUT2D eigenvalue weighted by molar-refractivity contribution is 6.09. The summed E-state index contributed by atoms with van der Waals surface area (Å²) >= 11 is 0. The van der Waals surface area contributed by atoms with Gasteiger partial charge in [0, 0.05) is 23.4 Å². The third-order valence-corrected chi connectivity index (χ3v) is 5.13. The van der Waals surface area contributed by atoms with Crippen LogP contribution in [0.15, 0.2) is 78.9 Å². The average molecular weight is 502 g/mol. The van der Waals surface area contributed by atoms with E-state index in [2.05, 4.69) is 11.9 Å². The van der Waals surface area contributed by atoms with Crippen molar-refractivity contribution in [1.29, 1.82) is 5.26 Å². The summed E-state index contributed by atoms with van der Waals surface area (Å²) in [6.45, 7) is 6.08. The van der Waals surface area contributed by atoms with Crippen LogP contribution in [0.25, 0.3) is 6.08 Å². The average Bonchev–Trinajstić information content (AvgIpc) is 2.88. The zero-order valence-corrected chi connectivity index (χ0v) is 20.1.